The summed E-state index contributed by atoms with van der Waals surface area (Å²) in [5.74, 6) is 0.937. The number of imidazole rings is 1. The van der Waals surface area contributed by atoms with Gasteiger partial charge in [0.05, 0.1) is 5.69 Å². The molecule has 18 heavy (non-hydrogen) atoms. The number of nitrogens with one attached hydrogen (secondary N) is 1. The first kappa shape index (κ1) is 12.7. The Kier molecular flexibility index (Phi) is 4.03. The molecule has 0 amide bonds. The first-order valence-corrected chi connectivity index (χ1v) is 6.56. The van der Waals surface area contributed by atoms with Crippen LogP contribution in [0.4, 0.5) is 11.6 Å². The summed E-state index contributed by atoms with van der Waals surface area (Å²) in [6, 6.07) is 8.36. The molecule has 1 aromatic heterocycles. The van der Waals surface area contributed by atoms with Crippen LogP contribution in [0.25, 0.3) is 0 Å². The van der Waals surface area contributed by atoms with Crippen LogP contribution in [-0.4, -0.2) is 9.55 Å². The number of nitrogens with zero attached hydrogens (tertiary/aromatic N) is 2. The Morgan fingerprint density at radius 1 is 1.28 bits per heavy atom. The maximum absolute atomic E-state index is 4.54. The number of benzene rings is 1. The highest BCUT2D eigenvalue weighted by molar-refractivity contribution is 5.54. The molecule has 1 N–H and O–H groups in total. The average molecular weight is 243 g/mol. The fourth-order valence-electron chi connectivity index (χ4n) is 2.00. The zero-order valence-corrected chi connectivity index (χ0v) is 11.4. The number of rotatable bonds is 5. The molecule has 0 bridgehead atoms. The van der Waals surface area contributed by atoms with E-state index in [9.17, 15) is 0 Å². The molecular formula is C15H21N3. The minimum atomic E-state index is 0.937. The standard InChI is InChI=1S/C15H21N3/c1-4-5-9-18-11-13(3)16-15(18)17-14-8-6-7-12(2)10-14/h6-8,10-11H,4-5,9H2,1-3H3,(H,16,17). The van der Waals surface area contributed by atoms with Crippen molar-refractivity contribution in [3.63, 3.8) is 0 Å². The number of hydrogen-bond donors (Lipinski definition) is 1. The van der Waals surface area contributed by atoms with Crippen molar-refractivity contribution in [1.29, 1.82) is 0 Å². The molecule has 0 aliphatic heterocycles. The van der Waals surface area contributed by atoms with E-state index in [1.165, 1.54) is 18.4 Å². The normalized spacial score (nSPS) is 10.6. The molecule has 0 aliphatic rings. The van der Waals surface area contributed by atoms with Gasteiger partial charge < -0.3 is 9.88 Å². The molecule has 0 saturated heterocycles. The second-order valence-corrected chi connectivity index (χ2v) is 4.75. The van der Waals surface area contributed by atoms with Crippen molar-refractivity contribution in [2.45, 2.75) is 40.2 Å². The van der Waals surface area contributed by atoms with Crippen LogP contribution in [0.15, 0.2) is 30.5 Å². The lowest BCUT2D eigenvalue weighted by Crippen LogP contribution is -2.03. The summed E-state index contributed by atoms with van der Waals surface area (Å²) < 4.78 is 2.20. The minimum Gasteiger partial charge on any atom is -0.326 e. The van der Waals surface area contributed by atoms with Crippen LogP contribution < -0.4 is 5.32 Å². The molecule has 0 radical (unpaired) electrons. The molecule has 0 unspecified atom stereocenters. The predicted octanol–water partition coefficient (Wildman–Crippen LogP) is 4.04. The van der Waals surface area contributed by atoms with E-state index in [0.29, 0.717) is 0 Å². The highest BCUT2D eigenvalue weighted by Crippen LogP contribution is 2.18. The van der Waals surface area contributed by atoms with E-state index < -0.39 is 0 Å². The average Bonchev–Trinajstić information content (AvgIpc) is 2.67. The summed E-state index contributed by atoms with van der Waals surface area (Å²) in [6.07, 6.45) is 4.48. The Morgan fingerprint density at radius 2 is 2.11 bits per heavy atom. The Labute approximate surface area is 109 Å². The van der Waals surface area contributed by atoms with E-state index in [-0.39, 0.29) is 0 Å². The van der Waals surface area contributed by atoms with Gasteiger partial charge in [-0.2, -0.15) is 0 Å². The molecule has 3 nitrogen and oxygen atoms in total. The first-order chi connectivity index (χ1) is 8.69. The molecule has 96 valence electrons. The van der Waals surface area contributed by atoms with Gasteiger partial charge in [-0.15, -0.1) is 0 Å². The quantitative estimate of drug-likeness (QED) is 0.858. The van der Waals surface area contributed by atoms with Gasteiger partial charge in [-0.1, -0.05) is 25.5 Å². The van der Waals surface area contributed by atoms with Gasteiger partial charge in [0, 0.05) is 18.4 Å². The highest BCUT2D eigenvalue weighted by atomic mass is 15.2. The van der Waals surface area contributed by atoms with Gasteiger partial charge in [0.2, 0.25) is 5.95 Å². The lowest BCUT2D eigenvalue weighted by atomic mass is 10.2. The Balaban J connectivity index is 2.17. The third-order valence-corrected chi connectivity index (χ3v) is 2.92. The van der Waals surface area contributed by atoms with E-state index in [1.54, 1.807) is 0 Å². The Bertz CT molecular complexity index is 514. The fraction of sp³-hybridized carbons (Fsp3) is 0.400. The third-order valence-electron chi connectivity index (χ3n) is 2.92. The monoisotopic (exact) mass is 243 g/mol. The number of aryl methyl sites for hydroxylation is 3. The van der Waals surface area contributed by atoms with Crippen LogP contribution in [0, 0.1) is 13.8 Å². The summed E-state index contributed by atoms with van der Waals surface area (Å²) >= 11 is 0. The van der Waals surface area contributed by atoms with Crippen LogP contribution >= 0.6 is 0 Å². The van der Waals surface area contributed by atoms with Crippen molar-refractivity contribution < 1.29 is 0 Å². The fourth-order valence-corrected chi connectivity index (χ4v) is 2.00. The summed E-state index contributed by atoms with van der Waals surface area (Å²) in [5, 5.41) is 3.39. The summed E-state index contributed by atoms with van der Waals surface area (Å²) in [7, 11) is 0. The maximum Gasteiger partial charge on any atom is 0.207 e. The van der Waals surface area contributed by atoms with Crippen molar-refractivity contribution in [1.82, 2.24) is 9.55 Å². The largest absolute Gasteiger partial charge is 0.326 e. The summed E-state index contributed by atoms with van der Waals surface area (Å²) in [6.45, 7) is 7.35. The lowest BCUT2D eigenvalue weighted by Gasteiger charge is -2.09. The second kappa shape index (κ2) is 5.71. The number of unbranched alkanes of at least 4 members (excludes halogenated alkanes) is 1. The molecule has 0 saturated carbocycles. The SMILES string of the molecule is CCCCn1cc(C)nc1Nc1cccc(C)c1. The third kappa shape index (κ3) is 3.13. The van der Waals surface area contributed by atoms with E-state index in [0.717, 1.165) is 23.9 Å². The molecule has 1 aromatic carbocycles. The summed E-state index contributed by atoms with van der Waals surface area (Å²) in [4.78, 5) is 4.54. The van der Waals surface area contributed by atoms with Crippen molar-refractivity contribution in [3.05, 3.63) is 41.7 Å². The zero-order valence-electron chi connectivity index (χ0n) is 11.4. The Hall–Kier alpha value is -1.77. The molecule has 2 rings (SSSR count). The maximum atomic E-state index is 4.54. The molecule has 3 heteroatoms. The van der Waals surface area contributed by atoms with Gasteiger partial charge >= 0.3 is 0 Å². The van der Waals surface area contributed by atoms with E-state index in [4.69, 9.17) is 0 Å². The van der Waals surface area contributed by atoms with Crippen molar-refractivity contribution in [2.24, 2.45) is 0 Å². The van der Waals surface area contributed by atoms with Gasteiger partial charge in [0.1, 0.15) is 0 Å². The van der Waals surface area contributed by atoms with Gasteiger partial charge in [-0.25, -0.2) is 4.98 Å². The first-order valence-electron chi connectivity index (χ1n) is 6.56. The Morgan fingerprint density at radius 3 is 2.83 bits per heavy atom. The number of aromatic nitrogens is 2. The van der Waals surface area contributed by atoms with Gasteiger partial charge in [-0.3, -0.25) is 0 Å². The van der Waals surface area contributed by atoms with Gasteiger partial charge in [0.25, 0.3) is 0 Å². The predicted molar refractivity (Wildman–Crippen MR) is 76.3 cm³/mol. The van der Waals surface area contributed by atoms with Crippen molar-refractivity contribution in [3.8, 4) is 0 Å². The smallest absolute Gasteiger partial charge is 0.207 e. The van der Waals surface area contributed by atoms with Gasteiger partial charge in [0.15, 0.2) is 0 Å². The molecule has 2 aromatic rings. The van der Waals surface area contributed by atoms with Crippen LogP contribution in [0.2, 0.25) is 0 Å². The molecule has 1 heterocycles. The van der Waals surface area contributed by atoms with E-state index in [2.05, 4.69) is 59.2 Å². The number of hydrogen-bond acceptors (Lipinski definition) is 2. The van der Waals surface area contributed by atoms with E-state index >= 15 is 0 Å². The second-order valence-electron chi connectivity index (χ2n) is 4.75. The highest BCUT2D eigenvalue weighted by Gasteiger charge is 2.05. The molecule has 0 atom stereocenters. The van der Waals surface area contributed by atoms with Gasteiger partial charge in [-0.05, 0) is 38.0 Å². The zero-order chi connectivity index (χ0) is 13.0. The lowest BCUT2D eigenvalue weighted by molar-refractivity contribution is 0.637. The summed E-state index contributed by atoms with van der Waals surface area (Å²) in [5.41, 5.74) is 3.41. The van der Waals surface area contributed by atoms with Crippen LogP contribution in [-0.2, 0) is 6.54 Å². The molecular weight excluding hydrogens is 222 g/mol. The van der Waals surface area contributed by atoms with Crippen molar-refractivity contribution >= 4 is 11.6 Å². The van der Waals surface area contributed by atoms with Crippen LogP contribution in [0.1, 0.15) is 31.0 Å². The van der Waals surface area contributed by atoms with Crippen molar-refractivity contribution in [2.75, 3.05) is 5.32 Å². The number of anilines is 2. The van der Waals surface area contributed by atoms with Crippen LogP contribution in [0.5, 0.6) is 0 Å². The topological polar surface area (TPSA) is 29.9 Å². The molecule has 0 fully saturated rings. The van der Waals surface area contributed by atoms with E-state index in [1.807, 2.05) is 6.92 Å². The minimum absolute atomic E-state index is 0.937. The molecule has 0 aliphatic carbocycles. The van der Waals surface area contributed by atoms with Crippen LogP contribution in [0.3, 0.4) is 0 Å². The molecule has 0 spiro atoms.